The molecule has 1 aliphatic carbocycles. The van der Waals surface area contributed by atoms with Crippen molar-refractivity contribution in [3.8, 4) is 5.75 Å². The van der Waals surface area contributed by atoms with Crippen molar-refractivity contribution in [2.75, 3.05) is 12.4 Å². The average Bonchev–Trinajstić information content (AvgIpc) is 3.50. The Kier molecular flexibility index (Phi) is 5.69. The van der Waals surface area contributed by atoms with Gasteiger partial charge in [-0.05, 0) is 43.2 Å². The van der Waals surface area contributed by atoms with Gasteiger partial charge < -0.3 is 15.4 Å². The second kappa shape index (κ2) is 8.34. The summed E-state index contributed by atoms with van der Waals surface area (Å²) in [6.45, 7) is 0. The van der Waals surface area contributed by atoms with Crippen molar-refractivity contribution in [2.45, 2.75) is 18.9 Å². The highest BCUT2D eigenvalue weighted by Crippen LogP contribution is 2.25. The molecule has 2 aromatic rings. The van der Waals surface area contributed by atoms with Gasteiger partial charge in [-0.2, -0.15) is 0 Å². The molecule has 0 heterocycles. The van der Waals surface area contributed by atoms with E-state index in [1.807, 2.05) is 0 Å². The molecule has 1 saturated carbocycles. The molecule has 144 valence electrons. The molecule has 0 bridgehead atoms. The molecule has 0 saturated heterocycles. The Hall–Kier alpha value is -3.68. The number of anilines is 1. The molecule has 28 heavy (non-hydrogen) atoms. The highest BCUT2D eigenvalue weighted by atomic mass is 16.6. The van der Waals surface area contributed by atoms with Gasteiger partial charge in [0.05, 0.1) is 28.8 Å². The molecule has 0 unspecified atom stereocenters. The lowest BCUT2D eigenvalue weighted by atomic mass is 10.1. The van der Waals surface area contributed by atoms with E-state index in [0.717, 1.165) is 12.8 Å². The molecule has 1 aliphatic rings. The number of nitro benzene ring substituents is 1. The predicted molar refractivity (Wildman–Crippen MR) is 104 cm³/mol. The van der Waals surface area contributed by atoms with E-state index < -0.39 is 10.8 Å². The van der Waals surface area contributed by atoms with Crippen LogP contribution in [-0.4, -0.2) is 29.9 Å². The number of nitrogens with one attached hydrogen (secondary N) is 2. The van der Waals surface area contributed by atoms with E-state index in [0.29, 0.717) is 22.6 Å². The molecule has 0 aliphatic heterocycles. The van der Waals surface area contributed by atoms with E-state index in [2.05, 4.69) is 10.6 Å². The van der Waals surface area contributed by atoms with Crippen LogP contribution in [-0.2, 0) is 4.79 Å². The summed E-state index contributed by atoms with van der Waals surface area (Å²) < 4.78 is 5.16. The van der Waals surface area contributed by atoms with Gasteiger partial charge >= 0.3 is 0 Å². The number of ether oxygens (including phenoxy) is 1. The van der Waals surface area contributed by atoms with Crippen LogP contribution in [0.2, 0.25) is 0 Å². The first-order chi connectivity index (χ1) is 13.5. The summed E-state index contributed by atoms with van der Waals surface area (Å²) in [6, 6.07) is 11.0. The molecule has 3 rings (SSSR count). The Morgan fingerprint density at radius 1 is 1.21 bits per heavy atom. The van der Waals surface area contributed by atoms with Crippen molar-refractivity contribution >= 4 is 29.3 Å². The summed E-state index contributed by atoms with van der Waals surface area (Å²) in [5.41, 5.74) is 0.833. The zero-order chi connectivity index (χ0) is 20.1. The number of carbonyl (C=O) groups excluding carboxylic acids is 2. The molecular formula is C20H19N3O5. The molecule has 2 amide bonds. The minimum Gasteiger partial charge on any atom is -0.497 e. The average molecular weight is 381 g/mol. The van der Waals surface area contributed by atoms with Gasteiger partial charge in [0.2, 0.25) is 5.91 Å². The third-order valence-electron chi connectivity index (χ3n) is 4.19. The third-order valence-corrected chi connectivity index (χ3v) is 4.19. The van der Waals surface area contributed by atoms with Crippen LogP contribution < -0.4 is 15.4 Å². The maximum Gasteiger partial charge on any atom is 0.276 e. The maximum absolute atomic E-state index is 12.5. The van der Waals surface area contributed by atoms with Crippen molar-refractivity contribution in [2.24, 2.45) is 0 Å². The number of rotatable bonds is 7. The minimum atomic E-state index is -0.513. The van der Waals surface area contributed by atoms with Crippen molar-refractivity contribution in [3.63, 3.8) is 0 Å². The summed E-state index contributed by atoms with van der Waals surface area (Å²) in [4.78, 5) is 35.3. The first-order valence-electron chi connectivity index (χ1n) is 8.69. The van der Waals surface area contributed by atoms with Gasteiger partial charge in [0, 0.05) is 18.2 Å². The van der Waals surface area contributed by atoms with Gasteiger partial charge in [0.1, 0.15) is 5.75 Å². The predicted octanol–water partition coefficient (Wildman–Crippen LogP) is 3.15. The Morgan fingerprint density at radius 3 is 2.64 bits per heavy atom. The Balaban J connectivity index is 1.78. The highest BCUT2D eigenvalue weighted by molar-refractivity contribution is 6.08. The molecule has 1 fully saturated rings. The lowest BCUT2D eigenvalue weighted by molar-refractivity contribution is -0.385. The van der Waals surface area contributed by atoms with Gasteiger partial charge in [-0.15, -0.1) is 0 Å². The first-order valence-corrected chi connectivity index (χ1v) is 8.69. The van der Waals surface area contributed by atoms with Crippen LogP contribution in [0.25, 0.3) is 6.08 Å². The van der Waals surface area contributed by atoms with Gasteiger partial charge in [-0.25, -0.2) is 0 Å². The monoisotopic (exact) mass is 381 g/mol. The van der Waals surface area contributed by atoms with Crippen LogP contribution >= 0.6 is 0 Å². The molecule has 8 nitrogen and oxygen atoms in total. The van der Waals surface area contributed by atoms with Gasteiger partial charge in [-0.1, -0.05) is 12.1 Å². The molecule has 0 radical (unpaired) electrons. The van der Waals surface area contributed by atoms with Crippen LogP contribution in [0.1, 0.15) is 28.8 Å². The quantitative estimate of drug-likeness (QED) is 0.435. The molecular weight excluding hydrogens is 362 g/mol. The Morgan fingerprint density at radius 2 is 1.96 bits per heavy atom. The fourth-order valence-electron chi connectivity index (χ4n) is 2.57. The zero-order valence-corrected chi connectivity index (χ0v) is 15.2. The zero-order valence-electron chi connectivity index (χ0n) is 15.2. The molecule has 0 spiro atoms. The molecule has 0 atom stereocenters. The molecule has 0 aromatic heterocycles. The van der Waals surface area contributed by atoms with Crippen molar-refractivity contribution in [3.05, 3.63) is 69.8 Å². The molecule has 2 aromatic carbocycles. The van der Waals surface area contributed by atoms with Crippen molar-refractivity contribution in [1.29, 1.82) is 0 Å². The summed E-state index contributed by atoms with van der Waals surface area (Å²) in [5.74, 6) is -0.308. The number of amides is 2. The number of para-hydroxylation sites is 1. The van der Waals surface area contributed by atoms with E-state index >= 15 is 0 Å². The van der Waals surface area contributed by atoms with E-state index in [1.165, 1.54) is 25.3 Å². The second-order valence-electron chi connectivity index (χ2n) is 6.30. The highest BCUT2D eigenvalue weighted by Gasteiger charge is 2.25. The standard InChI is InChI=1S/C20H19N3O5/c1-28-15-9-10-17(16(12-15)20(25)21-14-7-8-14)22-19(24)11-6-13-4-2-3-5-18(13)23(26)27/h2-6,9-12,14H,7-8H2,1H3,(H,21,25)(H,22,24). The van der Waals surface area contributed by atoms with Crippen molar-refractivity contribution < 1.29 is 19.2 Å². The number of nitrogens with zero attached hydrogens (tertiary/aromatic N) is 1. The second-order valence-corrected chi connectivity index (χ2v) is 6.30. The van der Waals surface area contributed by atoms with E-state index in [1.54, 1.807) is 36.4 Å². The lowest BCUT2D eigenvalue weighted by Crippen LogP contribution is -2.26. The van der Waals surface area contributed by atoms with Crippen LogP contribution in [0.4, 0.5) is 11.4 Å². The minimum absolute atomic E-state index is 0.0968. The molecule has 8 heteroatoms. The number of hydrogen-bond donors (Lipinski definition) is 2. The van der Waals surface area contributed by atoms with Crippen LogP contribution in [0.5, 0.6) is 5.75 Å². The topological polar surface area (TPSA) is 111 Å². The van der Waals surface area contributed by atoms with Gasteiger partial charge in [0.25, 0.3) is 11.6 Å². The fraction of sp³-hybridized carbons (Fsp3) is 0.200. The van der Waals surface area contributed by atoms with Crippen LogP contribution in [0, 0.1) is 10.1 Å². The van der Waals surface area contributed by atoms with Gasteiger partial charge in [0.15, 0.2) is 0 Å². The number of benzene rings is 2. The number of carbonyl (C=O) groups is 2. The van der Waals surface area contributed by atoms with Crippen LogP contribution in [0.15, 0.2) is 48.5 Å². The first kappa shape index (κ1) is 19.1. The summed E-state index contributed by atoms with van der Waals surface area (Å²) >= 11 is 0. The SMILES string of the molecule is COc1ccc(NC(=O)C=Cc2ccccc2[N+](=O)[O-])c(C(=O)NC2CC2)c1. The van der Waals surface area contributed by atoms with Gasteiger partial charge in [-0.3, -0.25) is 19.7 Å². The third kappa shape index (κ3) is 4.73. The Labute approximate surface area is 161 Å². The maximum atomic E-state index is 12.5. The number of methoxy groups -OCH3 is 1. The number of hydrogen-bond acceptors (Lipinski definition) is 5. The Bertz CT molecular complexity index is 951. The largest absolute Gasteiger partial charge is 0.497 e. The summed E-state index contributed by atoms with van der Waals surface area (Å²) in [6.07, 6.45) is 4.43. The summed E-state index contributed by atoms with van der Waals surface area (Å²) in [7, 11) is 1.49. The normalized spacial score (nSPS) is 13.2. The van der Waals surface area contributed by atoms with E-state index in [4.69, 9.17) is 4.74 Å². The smallest absolute Gasteiger partial charge is 0.276 e. The number of nitro groups is 1. The van der Waals surface area contributed by atoms with Crippen LogP contribution in [0.3, 0.4) is 0 Å². The lowest BCUT2D eigenvalue weighted by Gasteiger charge is -2.12. The van der Waals surface area contributed by atoms with E-state index in [9.17, 15) is 19.7 Å². The fourth-order valence-corrected chi connectivity index (χ4v) is 2.57. The summed E-state index contributed by atoms with van der Waals surface area (Å²) in [5, 5.41) is 16.6. The van der Waals surface area contributed by atoms with Crippen molar-refractivity contribution in [1.82, 2.24) is 5.32 Å². The molecule has 2 N–H and O–H groups in total. The van der Waals surface area contributed by atoms with E-state index in [-0.39, 0.29) is 17.6 Å².